The van der Waals surface area contributed by atoms with E-state index >= 15 is 0 Å². The van der Waals surface area contributed by atoms with Crippen LogP contribution in [-0.2, 0) is 4.74 Å². The van der Waals surface area contributed by atoms with Crippen molar-refractivity contribution in [1.82, 2.24) is 29.4 Å². The standard InChI is InChI=1S/C31H40N8O3/c1-30(2,3)42-29(41)38-19-31(20-38)12-14-37(15-13-31)22-10-11-25(32-17-22)34-28-33-18-23-16-24(27(40)36(4)5)26(39(23)35-28)21-8-6-7-9-21/h8,10-11,16-18H,6-7,9,12-15,19-20H2,1-5H3,(H,32,34,35). The molecule has 6 rings (SSSR count). The number of carbonyl (C=O) groups excluding carboxylic acids is 2. The lowest BCUT2D eigenvalue weighted by Crippen LogP contribution is -2.62. The number of amides is 2. The van der Waals surface area contributed by atoms with Crippen molar-refractivity contribution in [1.29, 1.82) is 0 Å². The molecule has 2 fully saturated rings. The van der Waals surface area contributed by atoms with Crippen molar-refractivity contribution in [3.63, 3.8) is 0 Å². The number of piperidine rings is 1. The number of ether oxygens (including phenoxy) is 1. The molecule has 0 unspecified atom stereocenters. The summed E-state index contributed by atoms with van der Waals surface area (Å²) in [6.07, 6.45) is 10.7. The van der Waals surface area contributed by atoms with Gasteiger partial charge in [-0.1, -0.05) is 6.08 Å². The molecule has 2 amide bonds. The first kappa shape index (κ1) is 28.0. The van der Waals surface area contributed by atoms with E-state index in [-0.39, 0.29) is 17.4 Å². The highest BCUT2D eigenvalue weighted by Gasteiger charge is 2.47. The normalized spacial score (nSPS) is 18.2. The average molecular weight is 573 g/mol. The first-order valence-electron chi connectivity index (χ1n) is 14.8. The number of hydrogen-bond acceptors (Lipinski definition) is 8. The number of pyridine rings is 1. The van der Waals surface area contributed by atoms with E-state index in [2.05, 4.69) is 32.3 Å². The number of fused-ring (bicyclic) bond motifs is 1. The summed E-state index contributed by atoms with van der Waals surface area (Å²) in [6, 6.07) is 5.88. The van der Waals surface area contributed by atoms with Crippen LogP contribution in [0.1, 0.15) is 68.9 Å². The van der Waals surface area contributed by atoms with Gasteiger partial charge in [-0.15, -0.1) is 5.10 Å². The molecule has 0 bridgehead atoms. The Morgan fingerprint density at radius 1 is 1.07 bits per heavy atom. The monoisotopic (exact) mass is 572 g/mol. The minimum Gasteiger partial charge on any atom is -0.444 e. The quantitative estimate of drug-likeness (QED) is 0.456. The van der Waals surface area contributed by atoms with Gasteiger partial charge in [-0.05, 0) is 76.6 Å². The highest BCUT2D eigenvalue weighted by atomic mass is 16.6. The molecule has 0 radical (unpaired) electrons. The van der Waals surface area contributed by atoms with E-state index in [0.29, 0.717) is 17.3 Å². The summed E-state index contributed by atoms with van der Waals surface area (Å²) in [5.41, 5.74) is 4.22. The van der Waals surface area contributed by atoms with Gasteiger partial charge in [0.15, 0.2) is 0 Å². The van der Waals surface area contributed by atoms with E-state index in [0.717, 1.165) is 80.8 Å². The molecule has 42 heavy (non-hydrogen) atoms. The summed E-state index contributed by atoms with van der Waals surface area (Å²) >= 11 is 0. The summed E-state index contributed by atoms with van der Waals surface area (Å²) in [4.78, 5) is 40.2. The van der Waals surface area contributed by atoms with Crippen LogP contribution in [0.3, 0.4) is 0 Å². The molecule has 1 N–H and O–H groups in total. The zero-order valence-corrected chi connectivity index (χ0v) is 25.2. The number of allylic oxidation sites excluding steroid dienone is 2. The molecule has 3 aromatic heterocycles. The Morgan fingerprint density at radius 3 is 2.45 bits per heavy atom. The largest absolute Gasteiger partial charge is 0.444 e. The number of nitrogens with one attached hydrogen (secondary N) is 1. The van der Waals surface area contributed by atoms with E-state index in [1.165, 1.54) is 0 Å². The van der Waals surface area contributed by atoms with Crippen LogP contribution in [-0.4, -0.2) is 87.3 Å². The van der Waals surface area contributed by atoms with Crippen LogP contribution < -0.4 is 10.2 Å². The zero-order chi connectivity index (χ0) is 29.6. The summed E-state index contributed by atoms with van der Waals surface area (Å²) in [6.45, 7) is 9.10. The Kier molecular flexibility index (Phi) is 7.06. The second kappa shape index (κ2) is 10.6. The maximum absolute atomic E-state index is 13.0. The lowest BCUT2D eigenvalue weighted by atomic mass is 9.72. The molecular formula is C31H40N8O3. The Morgan fingerprint density at radius 2 is 1.83 bits per heavy atom. The number of hydrogen-bond donors (Lipinski definition) is 1. The van der Waals surface area contributed by atoms with E-state index < -0.39 is 5.60 Å². The van der Waals surface area contributed by atoms with Crippen molar-refractivity contribution in [2.75, 3.05) is 50.5 Å². The SMILES string of the molecule is CN(C)C(=O)c1cc2cnc(Nc3ccc(N4CCC5(CC4)CN(C(=O)OC(C)(C)C)C5)cn3)nn2c1C1=CCCC1. The maximum atomic E-state index is 13.0. The first-order valence-corrected chi connectivity index (χ1v) is 14.8. The fourth-order valence-electron chi connectivity index (χ4n) is 6.16. The van der Waals surface area contributed by atoms with E-state index in [1.54, 1.807) is 25.2 Å². The Balaban J connectivity index is 1.10. The van der Waals surface area contributed by atoms with Crippen molar-refractivity contribution >= 4 is 40.5 Å². The molecule has 11 heteroatoms. The molecule has 5 heterocycles. The third-order valence-electron chi connectivity index (χ3n) is 8.38. The van der Waals surface area contributed by atoms with Gasteiger partial charge in [0.05, 0.1) is 34.9 Å². The zero-order valence-electron chi connectivity index (χ0n) is 25.2. The first-order chi connectivity index (χ1) is 20.0. The minimum atomic E-state index is -0.468. The maximum Gasteiger partial charge on any atom is 0.410 e. The fourth-order valence-corrected chi connectivity index (χ4v) is 6.16. The molecule has 1 spiro atoms. The van der Waals surface area contributed by atoms with Gasteiger partial charge in [0, 0.05) is 45.7 Å². The van der Waals surface area contributed by atoms with Gasteiger partial charge in [0.2, 0.25) is 5.95 Å². The van der Waals surface area contributed by atoms with Crippen LogP contribution in [0.25, 0.3) is 11.1 Å². The summed E-state index contributed by atoms with van der Waals surface area (Å²) in [7, 11) is 3.53. The van der Waals surface area contributed by atoms with Crippen LogP contribution in [0.5, 0.6) is 0 Å². The van der Waals surface area contributed by atoms with Gasteiger partial charge < -0.3 is 24.8 Å². The highest BCUT2D eigenvalue weighted by Crippen LogP contribution is 2.42. The molecule has 222 valence electrons. The number of aromatic nitrogens is 4. The predicted octanol–water partition coefficient (Wildman–Crippen LogP) is 4.97. The van der Waals surface area contributed by atoms with Crippen LogP contribution >= 0.6 is 0 Å². The van der Waals surface area contributed by atoms with Crippen molar-refractivity contribution in [2.24, 2.45) is 5.41 Å². The van der Waals surface area contributed by atoms with Crippen molar-refractivity contribution in [3.8, 4) is 0 Å². The predicted molar refractivity (Wildman–Crippen MR) is 162 cm³/mol. The van der Waals surface area contributed by atoms with Crippen molar-refractivity contribution in [3.05, 3.63) is 47.9 Å². The third-order valence-corrected chi connectivity index (χ3v) is 8.38. The summed E-state index contributed by atoms with van der Waals surface area (Å²) in [5, 5.41) is 7.99. The van der Waals surface area contributed by atoms with Crippen LogP contribution in [0.4, 0.5) is 22.2 Å². The fraction of sp³-hybridized carbons (Fsp3) is 0.516. The van der Waals surface area contributed by atoms with Gasteiger partial charge in [0.25, 0.3) is 5.91 Å². The minimum absolute atomic E-state index is 0.0450. The second-order valence-electron chi connectivity index (χ2n) is 13.0. The van der Waals surface area contributed by atoms with Gasteiger partial charge >= 0.3 is 6.09 Å². The molecule has 2 aliphatic heterocycles. The smallest absolute Gasteiger partial charge is 0.410 e. The molecular weight excluding hydrogens is 532 g/mol. The van der Waals surface area contributed by atoms with E-state index in [9.17, 15) is 9.59 Å². The van der Waals surface area contributed by atoms with Crippen molar-refractivity contribution < 1.29 is 14.3 Å². The number of anilines is 3. The average Bonchev–Trinajstić information content (AvgIpc) is 3.58. The van der Waals surface area contributed by atoms with Crippen molar-refractivity contribution in [2.45, 2.75) is 58.5 Å². The van der Waals surface area contributed by atoms with Crippen LogP contribution in [0.2, 0.25) is 0 Å². The lowest BCUT2D eigenvalue weighted by molar-refractivity contribution is -0.0434. The number of carbonyl (C=O) groups is 2. The molecule has 3 aromatic rings. The molecule has 2 saturated heterocycles. The molecule has 11 nitrogen and oxygen atoms in total. The third kappa shape index (κ3) is 5.52. The van der Waals surface area contributed by atoms with Gasteiger partial charge in [0.1, 0.15) is 11.4 Å². The van der Waals surface area contributed by atoms with Crippen LogP contribution in [0.15, 0.2) is 36.7 Å². The summed E-state index contributed by atoms with van der Waals surface area (Å²) in [5.74, 6) is 1.02. The molecule has 3 aliphatic rings. The number of likely N-dealkylation sites (tertiary alicyclic amines) is 1. The Hall–Kier alpha value is -4.15. The molecule has 1 aliphatic carbocycles. The molecule has 0 aromatic carbocycles. The Bertz CT molecular complexity index is 1520. The van der Waals surface area contributed by atoms with E-state index in [4.69, 9.17) is 9.84 Å². The van der Waals surface area contributed by atoms with Gasteiger partial charge in [-0.2, -0.15) is 0 Å². The van der Waals surface area contributed by atoms with Gasteiger partial charge in [-0.3, -0.25) is 4.79 Å². The lowest BCUT2D eigenvalue weighted by Gasteiger charge is -2.53. The summed E-state index contributed by atoms with van der Waals surface area (Å²) < 4.78 is 7.35. The second-order valence-corrected chi connectivity index (χ2v) is 13.0. The number of nitrogens with zero attached hydrogens (tertiary/aromatic N) is 7. The Labute approximate surface area is 246 Å². The van der Waals surface area contributed by atoms with Crippen LogP contribution in [0, 0.1) is 5.41 Å². The number of rotatable bonds is 5. The molecule has 0 atom stereocenters. The molecule has 0 saturated carbocycles. The van der Waals surface area contributed by atoms with E-state index in [1.807, 2.05) is 48.5 Å². The topological polar surface area (TPSA) is 108 Å². The van der Waals surface area contributed by atoms with Gasteiger partial charge in [-0.25, -0.2) is 19.3 Å². The highest BCUT2D eigenvalue weighted by molar-refractivity contribution is 6.00.